The number of carboxylic acid groups (broad SMARTS) is 1. The van der Waals surface area contributed by atoms with Gasteiger partial charge in [0.05, 0.1) is 104 Å². The molecule has 0 spiro atoms. The molecule has 746 valence electrons. The molecule has 0 atom stereocenters. The predicted octanol–water partition coefficient (Wildman–Crippen LogP) is 23.2. The molecule has 27 nitrogen and oxygen atoms in total. The molecule has 5 heterocycles. The third-order valence-corrected chi connectivity index (χ3v) is 25.0. The van der Waals surface area contributed by atoms with Gasteiger partial charge in [-0.2, -0.15) is 9.65 Å². The largest absolute Gasteiger partial charge is 2.00 e. The van der Waals surface area contributed by atoms with Crippen LogP contribution in [-0.4, -0.2) is 141 Å². The van der Waals surface area contributed by atoms with Crippen LogP contribution in [0.1, 0.15) is 162 Å². The Labute approximate surface area is 889 Å². The molecule has 0 saturated carbocycles. The van der Waals surface area contributed by atoms with Gasteiger partial charge in [-0.05, 0) is 387 Å². The Balaban J connectivity index is 0.000000337. The monoisotopic (exact) mass is 2370 g/mol. The SMILES string of the molecule is C1CCOC1.CC(=O)c1ccc(F)c([N+](=O)[O-])c1.CC(=O)c1ccc(Nc2ccc(F)c(Br)c2)c(N)c1.CC(=O)c1ccc(Nc2ccc(F)c(Br)c2)c([N+](=O)[O-])c1.CC(=O)c1ccc2c(c1)ncn2-c1ccc(F)c(Br)c1.CC(C)(O)c1ccc2c(c1)ncn2-c1ccc(F)c(Br)c1.CC1(C)OB(B2OC(C)(C)C(C)(C)O2)OC1(C)C.N#Cc1cccc(F)c1Br.Nc1ccc(F)c(Br)c1.O=CO.[CH3-].[Cl-].[Mg+2]. The van der Waals surface area contributed by atoms with E-state index in [9.17, 15) is 75.2 Å². The van der Waals surface area contributed by atoms with Crippen LogP contribution in [0, 0.1) is 79.7 Å². The summed E-state index contributed by atoms with van der Waals surface area (Å²) in [5.74, 6) is -3.61. The Morgan fingerprint density at radius 1 is 0.493 bits per heavy atom. The Morgan fingerprint density at radius 3 is 1.21 bits per heavy atom. The van der Waals surface area contributed by atoms with Gasteiger partial charge in [0.25, 0.3) is 12.2 Å². The zero-order valence-corrected chi connectivity index (χ0v) is 90.8. The maximum Gasteiger partial charge on any atom is 2.00 e. The molecule has 11 aromatic carbocycles. The number of nitrogens with zero attached hydrogens (tertiary/aromatic N) is 7. The van der Waals surface area contributed by atoms with Gasteiger partial charge in [-0.1, -0.05) is 12.1 Å². The number of benzene rings is 11. The summed E-state index contributed by atoms with van der Waals surface area (Å²) in [5, 5.41) is 52.6. The van der Waals surface area contributed by atoms with Crippen molar-refractivity contribution in [1.29, 1.82) is 5.26 Å². The van der Waals surface area contributed by atoms with Gasteiger partial charge in [-0.15, -0.1) is 0 Å². The van der Waals surface area contributed by atoms with Crippen molar-refractivity contribution in [3.8, 4) is 17.4 Å². The Hall–Kier alpha value is -10.7. The summed E-state index contributed by atoms with van der Waals surface area (Å²) in [5.41, 5.74) is 18.7. The van der Waals surface area contributed by atoms with Gasteiger partial charge in [0.15, 0.2) is 23.1 Å². The molecule has 3 aliphatic heterocycles. The number of fused-ring (bicyclic) bond motifs is 2. The Kier molecular flexibility index (Phi) is 48.3. The van der Waals surface area contributed by atoms with Crippen molar-refractivity contribution in [2.75, 3.05) is 35.3 Å². The van der Waals surface area contributed by atoms with Gasteiger partial charge in [-0.25, -0.2) is 36.3 Å². The van der Waals surface area contributed by atoms with E-state index >= 15 is 0 Å². The summed E-state index contributed by atoms with van der Waals surface area (Å²) in [6.07, 6.45) is 5.91. The van der Waals surface area contributed by atoms with Crippen LogP contribution in [-0.2, 0) is 33.7 Å². The second-order valence-electron chi connectivity index (χ2n) is 32.9. The van der Waals surface area contributed by atoms with Crippen LogP contribution in [0.25, 0.3) is 33.4 Å². The van der Waals surface area contributed by atoms with Crippen molar-refractivity contribution in [3.05, 3.63) is 341 Å². The minimum absolute atomic E-state index is 0. The average Bonchev–Trinajstić information content (AvgIpc) is 1.59. The van der Waals surface area contributed by atoms with Crippen molar-refractivity contribution in [1.82, 2.24) is 19.1 Å². The van der Waals surface area contributed by atoms with Crippen LogP contribution in [0.5, 0.6) is 0 Å². The molecule has 0 unspecified atom stereocenters. The van der Waals surface area contributed by atoms with Crippen molar-refractivity contribution >= 4 is 230 Å². The van der Waals surface area contributed by atoms with Crippen LogP contribution in [0.3, 0.4) is 0 Å². The number of aliphatic hydroxyl groups is 1. The number of aromatic nitrogens is 4. The molecule has 3 saturated heterocycles. The number of nitro groups is 2. The fraction of sp³-hybridized carbons (Fsp3) is 0.235. The molecule has 0 radical (unpaired) electrons. The number of nitro benzene ring substituents is 2. The van der Waals surface area contributed by atoms with Gasteiger partial charge >= 0.3 is 42.8 Å². The van der Waals surface area contributed by atoms with Gasteiger partial charge in [0.1, 0.15) is 59.3 Å². The minimum Gasteiger partial charge on any atom is -1.00 e. The molecule has 3 fully saturated rings. The molecular weight excluding hydrogens is 2280 g/mol. The van der Waals surface area contributed by atoms with E-state index in [4.69, 9.17) is 50.0 Å². The summed E-state index contributed by atoms with van der Waals surface area (Å²) in [6.45, 7) is 27.0. The molecule has 44 heteroatoms. The number of hydrogen-bond donors (Lipinski definition) is 6. The smallest absolute Gasteiger partial charge is 1.00 e. The van der Waals surface area contributed by atoms with Crippen molar-refractivity contribution in [3.63, 3.8) is 0 Å². The number of carbonyl (C=O) groups is 5. The van der Waals surface area contributed by atoms with Crippen molar-refractivity contribution < 1.29 is 111 Å². The van der Waals surface area contributed by atoms with Crippen molar-refractivity contribution in [2.45, 2.75) is 138 Å². The van der Waals surface area contributed by atoms with Gasteiger partial charge in [-0.3, -0.25) is 53.3 Å². The first-order valence-electron chi connectivity index (χ1n) is 41.6. The van der Waals surface area contributed by atoms with Crippen molar-refractivity contribution in [2.24, 2.45) is 0 Å². The maximum atomic E-state index is 13.3. The number of nitrogens with one attached hydrogen (secondary N) is 2. The molecule has 142 heavy (non-hydrogen) atoms. The molecule has 3 aliphatic rings. The van der Waals surface area contributed by atoms with E-state index in [2.05, 4.69) is 116 Å². The first-order chi connectivity index (χ1) is 65.0. The normalized spacial score (nSPS) is 13.3. The van der Waals surface area contributed by atoms with E-state index in [0.717, 1.165) is 64.4 Å². The molecule has 8 N–H and O–H groups in total. The molecule has 0 aliphatic carbocycles. The fourth-order valence-electron chi connectivity index (χ4n) is 12.2. The van der Waals surface area contributed by atoms with E-state index in [1.807, 2.05) is 94.9 Å². The van der Waals surface area contributed by atoms with Crippen LogP contribution in [0.15, 0.2) is 240 Å². The number of hydrogen-bond acceptors (Lipinski definition) is 22. The summed E-state index contributed by atoms with van der Waals surface area (Å²) < 4.78 is 125. The molecule has 16 rings (SSSR count). The Morgan fingerprint density at radius 2 is 0.845 bits per heavy atom. The zero-order valence-electron chi connectivity index (χ0n) is 79.2. The third kappa shape index (κ3) is 35.1. The van der Waals surface area contributed by atoms with Gasteiger partial charge in [0, 0.05) is 76.0 Å². The number of nitriles is 1. The van der Waals surface area contributed by atoms with E-state index in [1.54, 1.807) is 99.3 Å². The third-order valence-electron chi connectivity index (χ3n) is 21.2. The number of halogens is 14. The standard InChI is InChI=1S/C16H14BrFN2O.C15H10BrFN2O.C14H10BrFN2O3.C14H12BrFN2O.C12H24B2O4.C8H6FNO3.C7H3BrFN.C6H5BrFN.C4H8O.CH2O2.CH3.ClH.Mg/c1-16(2,21)10-3-6-15-14(7-10)19-9-20(15)11-4-5-13(18)12(17)8-11;1-9(20)10-2-5-15-14(6-10)18-8-19(15)11-3-4-13(17)12(16)7-11;1-8(19)9-2-5-13(14(6-9)18(20)21)17-10-3-4-12(16)11(15)7-10;1-8(19)9-2-5-14(13(17)6-9)18-10-3-4-12(16)11(15)7-10;1-9(2)10(3,4)16-13(15-9)14-17-11(5,6)12(7,8)18-14;1-5(11)6-2-3-7(9)8(4-6)10(12)13;8-7-5(4-10)2-1-3-6(7)9;7-5-3-4(9)1-2-6(5)8;1-2-4-5-3-1;2-1-3;;;/h3-9,21H,1-2H3;2-8H,1H3;2-7,17H,1H3;2-7,18H,17H2,1H3;1-8H3;2-4H,1H3;1-3H;1-3H,9H2;1-4H2;1H,(H,2,3);1H3;1H;/q;;;;;;;;;;-1;;+2/p-1. The predicted molar refractivity (Wildman–Crippen MR) is 555 cm³/mol. The van der Waals surface area contributed by atoms with E-state index < -0.39 is 52.6 Å². The number of rotatable bonds is 14. The van der Waals surface area contributed by atoms with Crippen LogP contribution in [0.2, 0.25) is 0 Å². The summed E-state index contributed by atoms with van der Waals surface area (Å²) in [7, 11) is -0.952. The molecule has 2 aromatic heterocycles. The van der Waals surface area contributed by atoms with E-state index in [-0.39, 0.29) is 150 Å². The minimum atomic E-state index is -0.935. The Bertz CT molecular complexity index is 6630. The first-order valence-corrected chi connectivity index (χ1v) is 46.4. The number of ketones is 4. The average molecular weight is 2380 g/mol. The van der Waals surface area contributed by atoms with E-state index in [0.29, 0.717) is 63.0 Å². The topological polar surface area (TPSA) is 394 Å². The summed E-state index contributed by atoms with van der Waals surface area (Å²) >= 11 is 18.5. The maximum absolute atomic E-state index is 13.3. The number of imidazole rings is 2. The van der Waals surface area contributed by atoms with Crippen LogP contribution < -0.4 is 34.5 Å². The quantitative estimate of drug-likeness (QED) is 0.00860. The van der Waals surface area contributed by atoms with Gasteiger partial charge in [0.2, 0.25) is 5.82 Å². The van der Waals surface area contributed by atoms with Crippen LogP contribution in [0.4, 0.5) is 76.2 Å². The second kappa shape index (κ2) is 55.4. The number of anilines is 6. The number of nitrogens with two attached hydrogens (primary N) is 2. The summed E-state index contributed by atoms with van der Waals surface area (Å²) in [4.78, 5) is 81.6. The number of ether oxygens (including phenoxy) is 1. The number of Topliss-reactive ketones (excluding diaryl/α,β-unsaturated/α-hetero) is 4. The number of nitrogen functional groups attached to an aromatic ring is 2. The van der Waals surface area contributed by atoms with E-state index in [1.165, 1.54) is 132 Å². The van der Waals surface area contributed by atoms with Gasteiger partial charge < -0.3 is 75.5 Å². The molecule has 13 aromatic rings. The molecule has 0 amide bonds. The first kappa shape index (κ1) is 124. The zero-order chi connectivity index (χ0) is 104. The molecule has 0 bridgehead atoms. The number of carbonyl (C=O) groups excluding carboxylic acids is 4. The molecular formula is C98H97B2Br6ClF7MgN11O16. The van der Waals surface area contributed by atoms with Crippen LogP contribution >= 0.6 is 95.6 Å². The summed E-state index contributed by atoms with van der Waals surface area (Å²) in [6, 6.07) is 52.2. The fourth-order valence-corrected chi connectivity index (χ4v) is 14.4. The second-order valence-corrected chi connectivity index (χ2v) is 38.0.